The summed E-state index contributed by atoms with van der Waals surface area (Å²) in [5.41, 5.74) is 4.74. The van der Waals surface area contributed by atoms with Crippen molar-refractivity contribution in [2.24, 2.45) is 0 Å². The highest BCUT2D eigenvalue weighted by atomic mass is 16.1. The number of carbonyl (C=O) groups excluding carboxylic acids is 1. The maximum absolute atomic E-state index is 12.0. The summed E-state index contributed by atoms with van der Waals surface area (Å²) >= 11 is 0. The first-order valence-corrected chi connectivity index (χ1v) is 9.25. The first-order valence-electron chi connectivity index (χ1n) is 9.25. The molecule has 0 bridgehead atoms. The van der Waals surface area contributed by atoms with Crippen LogP contribution < -0.4 is 5.32 Å². The molecule has 3 aromatic heterocycles. The molecule has 0 aliphatic heterocycles. The lowest BCUT2D eigenvalue weighted by Gasteiger charge is -2.09. The summed E-state index contributed by atoms with van der Waals surface area (Å²) in [6.07, 6.45) is 6.33. The van der Waals surface area contributed by atoms with Crippen molar-refractivity contribution >= 4 is 22.8 Å². The van der Waals surface area contributed by atoms with Gasteiger partial charge in [-0.1, -0.05) is 12.1 Å². The van der Waals surface area contributed by atoms with Gasteiger partial charge in [-0.25, -0.2) is 14.6 Å². The van der Waals surface area contributed by atoms with Gasteiger partial charge in [-0.05, 0) is 57.0 Å². The van der Waals surface area contributed by atoms with Crippen molar-refractivity contribution in [1.82, 2.24) is 29.5 Å². The first kappa shape index (κ1) is 18.5. The van der Waals surface area contributed by atoms with E-state index < -0.39 is 0 Å². The Morgan fingerprint density at radius 3 is 2.66 bits per heavy atom. The molecule has 0 spiro atoms. The maximum Gasteiger partial charge on any atom is 0.249 e. The van der Waals surface area contributed by atoms with E-state index in [0.29, 0.717) is 17.3 Å². The largest absolute Gasteiger partial charge is 0.307 e. The van der Waals surface area contributed by atoms with Crippen molar-refractivity contribution in [1.29, 1.82) is 0 Å². The number of rotatable bonds is 4. The van der Waals surface area contributed by atoms with Gasteiger partial charge in [0.2, 0.25) is 5.91 Å². The van der Waals surface area contributed by atoms with Crippen molar-refractivity contribution in [3.8, 4) is 11.5 Å². The molecule has 0 aliphatic rings. The van der Waals surface area contributed by atoms with Crippen LogP contribution in [0.5, 0.6) is 0 Å². The van der Waals surface area contributed by atoms with Crippen molar-refractivity contribution in [2.75, 3.05) is 5.32 Å². The van der Waals surface area contributed by atoms with Crippen LogP contribution in [0.1, 0.15) is 23.7 Å². The molecule has 29 heavy (non-hydrogen) atoms. The van der Waals surface area contributed by atoms with Gasteiger partial charge in [0.1, 0.15) is 12.1 Å². The summed E-state index contributed by atoms with van der Waals surface area (Å²) in [4.78, 5) is 20.9. The normalized spacial score (nSPS) is 11.4. The number of hydrogen-bond acceptors (Lipinski definition) is 5. The van der Waals surface area contributed by atoms with Gasteiger partial charge in [0, 0.05) is 6.07 Å². The molecular formula is C21H21N7O. The molecule has 4 aromatic rings. The number of hydrogen-bond donors (Lipinski definition) is 1. The van der Waals surface area contributed by atoms with Gasteiger partial charge in [0.05, 0.1) is 23.0 Å². The molecule has 1 aromatic carbocycles. The molecule has 0 atom stereocenters. The Hall–Kier alpha value is -3.81. The Labute approximate surface area is 167 Å². The zero-order valence-corrected chi connectivity index (χ0v) is 16.7. The zero-order chi connectivity index (χ0) is 20.5. The number of fused-ring (bicyclic) bond motifs is 1. The number of amides is 1. The average molecular weight is 387 g/mol. The Morgan fingerprint density at radius 2 is 1.90 bits per heavy atom. The van der Waals surface area contributed by atoms with Crippen LogP contribution in [0.3, 0.4) is 0 Å². The van der Waals surface area contributed by atoms with Crippen LogP contribution in [0.4, 0.5) is 5.82 Å². The Bertz CT molecular complexity index is 1250. The minimum Gasteiger partial charge on any atom is -0.307 e. The number of anilines is 1. The molecule has 0 saturated heterocycles. The summed E-state index contributed by atoms with van der Waals surface area (Å²) in [5.74, 6) is 0.850. The fourth-order valence-electron chi connectivity index (χ4n) is 3.12. The number of benzene rings is 1. The van der Waals surface area contributed by atoms with Gasteiger partial charge in [-0.3, -0.25) is 4.79 Å². The lowest BCUT2D eigenvalue weighted by Crippen LogP contribution is -2.13. The zero-order valence-electron chi connectivity index (χ0n) is 16.7. The van der Waals surface area contributed by atoms with Crippen LogP contribution in [-0.2, 0) is 4.79 Å². The minimum absolute atomic E-state index is 0.232. The maximum atomic E-state index is 12.0. The highest BCUT2D eigenvalue weighted by Crippen LogP contribution is 2.24. The summed E-state index contributed by atoms with van der Waals surface area (Å²) in [5, 5.41) is 12.6. The van der Waals surface area contributed by atoms with E-state index in [1.807, 2.05) is 13.0 Å². The summed E-state index contributed by atoms with van der Waals surface area (Å²) in [6.45, 7) is 7.79. The highest BCUT2D eigenvalue weighted by Gasteiger charge is 2.17. The van der Waals surface area contributed by atoms with E-state index >= 15 is 0 Å². The van der Waals surface area contributed by atoms with Crippen LogP contribution in [0, 0.1) is 20.8 Å². The van der Waals surface area contributed by atoms with Crippen LogP contribution in [-0.4, -0.2) is 35.4 Å². The van der Waals surface area contributed by atoms with Gasteiger partial charge >= 0.3 is 0 Å². The Morgan fingerprint density at radius 1 is 1.07 bits per heavy atom. The summed E-state index contributed by atoms with van der Waals surface area (Å²) in [6, 6.07) is 7.94. The second-order valence-corrected chi connectivity index (χ2v) is 6.83. The van der Waals surface area contributed by atoms with Crippen LogP contribution in [0.2, 0.25) is 0 Å². The van der Waals surface area contributed by atoms with E-state index in [2.05, 4.69) is 51.5 Å². The van der Waals surface area contributed by atoms with Gasteiger partial charge in [-0.2, -0.15) is 14.9 Å². The lowest BCUT2D eigenvalue weighted by molar-refractivity contribution is -0.111. The molecule has 0 fully saturated rings. The number of nitrogens with zero attached hydrogens (tertiary/aromatic N) is 6. The number of carbonyl (C=O) groups is 1. The van der Waals surface area contributed by atoms with E-state index in [9.17, 15) is 4.79 Å². The fraction of sp³-hybridized carbons (Fsp3) is 0.190. The van der Waals surface area contributed by atoms with E-state index in [4.69, 9.17) is 0 Å². The number of aryl methyl sites for hydroxylation is 3. The fourth-order valence-corrected chi connectivity index (χ4v) is 3.12. The summed E-state index contributed by atoms with van der Waals surface area (Å²) < 4.78 is 3.38. The number of aromatic nitrogens is 6. The smallest absolute Gasteiger partial charge is 0.249 e. The molecule has 8 heteroatoms. The van der Waals surface area contributed by atoms with E-state index in [1.165, 1.54) is 23.5 Å². The van der Waals surface area contributed by atoms with Crippen molar-refractivity contribution < 1.29 is 4.79 Å². The summed E-state index contributed by atoms with van der Waals surface area (Å²) in [7, 11) is 0. The predicted molar refractivity (Wildman–Crippen MR) is 111 cm³/mol. The molecule has 146 valence electrons. The predicted octanol–water partition coefficient (Wildman–Crippen LogP) is 3.44. The van der Waals surface area contributed by atoms with Crippen molar-refractivity contribution in [3.05, 3.63) is 65.8 Å². The quantitative estimate of drug-likeness (QED) is 0.542. The third-order valence-electron chi connectivity index (χ3n) is 4.68. The topological polar surface area (TPSA) is 90.5 Å². The second kappa shape index (κ2) is 7.31. The first-order chi connectivity index (χ1) is 14.0. The van der Waals surface area contributed by atoms with Gasteiger partial charge < -0.3 is 5.32 Å². The van der Waals surface area contributed by atoms with Gasteiger partial charge in [0.15, 0.2) is 11.5 Å². The molecule has 0 radical (unpaired) electrons. The monoisotopic (exact) mass is 387 g/mol. The van der Waals surface area contributed by atoms with E-state index in [-0.39, 0.29) is 5.91 Å². The van der Waals surface area contributed by atoms with Gasteiger partial charge in [0.25, 0.3) is 0 Å². The second-order valence-electron chi connectivity index (χ2n) is 6.83. The average Bonchev–Trinajstić information content (AvgIpc) is 3.27. The van der Waals surface area contributed by atoms with Crippen LogP contribution >= 0.6 is 0 Å². The molecule has 1 amide bonds. The van der Waals surface area contributed by atoms with Gasteiger partial charge in [-0.15, -0.1) is 0 Å². The molecule has 0 saturated carbocycles. The van der Waals surface area contributed by atoms with E-state index in [1.54, 1.807) is 34.6 Å². The standard InChI is InChI=1S/C21H21N7O/c1-5-6-19(29)25-18-10-15(4)26-28(18)21-17-11-24-27(20(17)22-12-23-21)16-8-7-13(2)14(3)9-16/h5-12H,1-4H3,(H,25,29)/b6-5+. The molecular weight excluding hydrogens is 366 g/mol. The Kier molecular flexibility index (Phi) is 4.67. The molecule has 1 N–H and O–H groups in total. The molecule has 0 unspecified atom stereocenters. The van der Waals surface area contributed by atoms with Crippen molar-refractivity contribution in [2.45, 2.75) is 27.7 Å². The third kappa shape index (κ3) is 3.40. The molecule has 8 nitrogen and oxygen atoms in total. The number of nitrogens with one attached hydrogen (secondary N) is 1. The van der Waals surface area contributed by atoms with E-state index in [0.717, 1.165) is 16.8 Å². The molecule has 4 rings (SSSR count). The Balaban J connectivity index is 1.84. The molecule has 3 heterocycles. The minimum atomic E-state index is -0.232. The third-order valence-corrected chi connectivity index (χ3v) is 4.68. The highest BCUT2D eigenvalue weighted by molar-refractivity contribution is 5.99. The van der Waals surface area contributed by atoms with Crippen molar-refractivity contribution in [3.63, 3.8) is 0 Å². The van der Waals surface area contributed by atoms with Crippen LogP contribution in [0.25, 0.3) is 22.5 Å². The van der Waals surface area contributed by atoms with Crippen LogP contribution in [0.15, 0.2) is 48.9 Å². The lowest BCUT2D eigenvalue weighted by atomic mass is 10.1. The SMILES string of the molecule is C/C=C/C(=O)Nc1cc(C)nn1-c1ncnc2c1cnn2-c1ccc(C)c(C)c1. The molecule has 0 aliphatic carbocycles. The number of allylic oxidation sites excluding steroid dienone is 1.